The summed E-state index contributed by atoms with van der Waals surface area (Å²) in [5, 5.41) is 19.1. The maximum absolute atomic E-state index is 15.6. The lowest BCUT2D eigenvalue weighted by Gasteiger charge is -2.27. The fourth-order valence-corrected chi connectivity index (χ4v) is 6.03. The second-order valence-electron chi connectivity index (χ2n) is 11.2. The number of benzene rings is 3. The van der Waals surface area contributed by atoms with Gasteiger partial charge in [-0.05, 0) is 78.6 Å². The third kappa shape index (κ3) is 7.02. The molecule has 0 spiro atoms. The van der Waals surface area contributed by atoms with Crippen molar-refractivity contribution < 1.29 is 28.2 Å². The summed E-state index contributed by atoms with van der Waals surface area (Å²) in [5.74, 6) is 4.42. The maximum Gasteiger partial charge on any atom is 0.335 e. The standard InChI is InChI=1S/C37H25F2N5O4S/c38-29-17-28(30(39)14-25(29)16-34-42-32-11-9-24(37(45)46)15-33(32)44(34)20-26-12-13-47-26)31-2-1-3-35(43-31)48-21-36-41-19-27(49-36)10-8-22-4-6-23(18-40)7-5-22/h1-7,9,11,14-15,17,19,26H,12-13,16,20-21H2,(H,45,46). The fourth-order valence-electron chi connectivity index (χ4n) is 5.34. The highest BCUT2D eigenvalue weighted by atomic mass is 32.1. The van der Waals surface area contributed by atoms with E-state index in [9.17, 15) is 9.90 Å². The van der Waals surface area contributed by atoms with E-state index in [-0.39, 0.29) is 47.4 Å². The predicted molar refractivity (Wildman–Crippen MR) is 177 cm³/mol. The summed E-state index contributed by atoms with van der Waals surface area (Å²) in [7, 11) is 0. The SMILES string of the molecule is N#Cc1ccc(C#Cc2cnc(COc3cccc(-c4cc(F)c(Cc5nc6ccc(C(=O)O)cc6n5CC5CCO5)cc4F)n3)s2)cc1. The molecule has 0 bridgehead atoms. The van der Waals surface area contributed by atoms with Crippen LogP contribution in [0.2, 0.25) is 0 Å². The van der Waals surface area contributed by atoms with E-state index in [1.807, 2.05) is 4.57 Å². The van der Waals surface area contributed by atoms with Crippen LogP contribution < -0.4 is 4.74 Å². The van der Waals surface area contributed by atoms with Crippen LogP contribution in [-0.2, 0) is 24.3 Å². The average Bonchev–Trinajstić information content (AvgIpc) is 3.69. The normalized spacial score (nSPS) is 13.7. The van der Waals surface area contributed by atoms with Gasteiger partial charge in [-0.15, -0.1) is 11.3 Å². The molecule has 49 heavy (non-hydrogen) atoms. The summed E-state index contributed by atoms with van der Waals surface area (Å²) in [6.45, 7) is 1.16. The van der Waals surface area contributed by atoms with E-state index in [1.54, 1.807) is 54.7 Å². The molecule has 1 unspecified atom stereocenters. The molecule has 1 aliphatic rings. The van der Waals surface area contributed by atoms with Crippen molar-refractivity contribution in [3.8, 4) is 35.0 Å². The average molecular weight is 674 g/mol. The largest absolute Gasteiger partial charge is 0.478 e. The number of fused-ring (bicyclic) bond motifs is 1. The van der Waals surface area contributed by atoms with Gasteiger partial charge in [-0.25, -0.2) is 28.5 Å². The van der Waals surface area contributed by atoms with Gasteiger partial charge in [0.05, 0.1) is 57.6 Å². The Kier molecular flexibility index (Phi) is 8.81. The van der Waals surface area contributed by atoms with Crippen LogP contribution in [0.5, 0.6) is 5.88 Å². The van der Waals surface area contributed by atoms with Crippen molar-refractivity contribution in [1.82, 2.24) is 19.5 Å². The monoisotopic (exact) mass is 673 g/mol. The molecular weight excluding hydrogens is 649 g/mol. The van der Waals surface area contributed by atoms with Crippen LogP contribution in [-0.4, -0.2) is 43.3 Å². The number of nitriles is 1. The number of imidazole rings is 1. The molecule has 9 nitrogen and oxygen atoms in total. The summed E-state index contributed by atoms with van der Waals surface area (Å²) >= 11 is 1.36. The molecule has 4 heterocycles. The van der Waals surface area contributed by atoms with Crippen molar-refractivity contribution in [2.24, 2.45) is 0 Å². The molecule has 1 N–H and O–H groups in total. The highest BCUT2D eigenvalue weighted by Gasteiger charge is 2.24. The van der Waals surface area contributed by atoms with Gasteiger partial charge in [0.25, 0.3) is 0 Å². The smallest absolute Gasteiger partial charge is 0.335 e. The zero-order chi connectivity index (χ0) is 33.9. The van der Waals surface area contributed by atoms with Gasteiger partial charge < -0.3 is 19.1 Å². The molecule has 0 amide bonds. The van der Waals surface area contributed by atoms with E-state index in [4.69, 9.17) is 14.7 Å². The third-order valence-corrected chi connectivity index (χ3v) is 8.87. The number of carboxylic acids is 1. The van der Waals surface area contributed by atoms with Crippen LogP contribution in [0.1, 0.15) is 49.2 Å². The molecule has 1 fully saturated rings. The molecule has 0 saturated carbocycles. The first-order valence-corrected chi connectivity index (χ1v) is 16.0. The van der Waals surface area contributed by atoms with E-state index in [2.05, 4.69) is 32.9 Å². The number of thiazole rings is 1. The van der Waals surface area contributed by atoms with Crippen molar-refractivity contribution in [3.63, 3.8) is 0 Å². The summed E-state index contributed by atoms with van der Waals surface area (Å²) in [6, 6.07) is 20.8. The van der Waals surface area contributed by atoms with E-state index >= 15 is 8.78 Å². The van der Waals surface area contributed by atoms with E-state index in [0.717, 1.165) is 29.0 Å². The molecule has 242 valence electrons. The minimum atomic E-state index is -1.07. The highest BCUT2D eigenvalue weighted by Crippen LogP contribution is 2.29. The molecule has 3 aromatic carbocycles. The number of halogens is 2. The molecule has 12 heteroatoms. The van der Waals surface area contributed by atoms with Gasteiger partial charge in [-0.1, -0.05) is 12.0 Å². The van der Waals surface area contributed by atoms with Crippen LogP contribution in [0, 0.1) is 34.8 Å². The van der Waals surface area contributed by atoms with Gasteiger partial charge in [0.1, 0.15) is 29.1 Å². The topological polar surface area (TPSA) is 123 Å². The molecule has 6 aromatic rings. The maximum atomic E-state index is 15.6. The number of rotatable bonds is 9. The van der Waals surface area contributed by atoms with Crippen LogP contribution >= 0.6 is 11.3 Å². The summed E-state index contributed by atoms with van der Waals surface area (Å²) in [6.07, 6.45) is 2.40. The van der Waals surface area contributed by atoms with E-state index < -0.39 is 17.6 Å². The quantitative estimate of drug-likeness (QED) is 0.167. The Morgan fingerprint density at radius 1 is 1.04 bits per heavy atom. The third-order valence-electron chi connectivity index (χ3n) is 7.98. The van der Waals surface area contributed by atoms with Crippen LogP contribution in [0.3, 0.4) is 0 Å². The number of pyridine rings is 1. The molecule has 3 aromatic heterocycles. The second-order valence-corrected chi connectivity index (χ2v) is 12.4. The van der Waals surface area contributed by atoms with Crippen LogP contribution in [0.25, 0.3) is 22.3 Å². The molecule has 1 saturated heterocycles. The van der Waals surface area contributed by atoms with Gasteiger partial charge in [0.15, 0.2) is 0 Å². The molecule has 0 aliphatic carbocycles. The minimum Gasteiger partial charge on any atom is -0.478 e. The first-order chi connectivity index (χ1) is 23.8. The van der Waals surface area contributed by atoms with Gasteiger partial charge in [-0.2, -0.15) is 5.26 Å². The number of carboxylic acid groups (broad SMARTS) is 1. The second kappa shape index (κ2) is 13.6. The fraction of sp³-hybridized carbons (Fsp3) is 0.162. The van der Waals surface area contributed by atoms with Crippen molar-refractivity contribution in [1.29, 1.82) is 5.26 Å². The Bertz CT molecular complexity index is 2310. The number of ether oxygens (including phenoxy) is 2. The van der Waals surface area contributed by atoms with Crippen molar-refractivity contribution >= 4 is 28.3 Å². The van der Waals surface area contributed by atoms with Crippen LogP contribution in [0.4, 0.5) is 8.78 Å². The predicted octanol–water partition coefficient (Wildman–Crippen LogP) is 6.76. The lowest BCUT2D eigenvalue weighted by atomic mass is 10.0. The van der Waals surface area contributed by atoms with Gasteiger partial charge >= 0.3 is 5.97 Å². The van der Waals surface area contributed by atoms with E-state index in [0.29, 0.717) is 40.6 Å². The number of aromatic nitrogens is 4. The Labute approximate surface area is 283 Å². The molecular formula is C37H25F2N5O4S. The minimum absolute atomic E-state index is 0.0168. The Morgan fingerprint density at radius 3 is 2.61 bits per heavy atom. The Morgan fingerprint density at radius 2 is 1.86 bits per heavy atom. The zero-order valence-electron chi connectivity index (χ0n) is 25.7. The summed E-state index contributed by atoms with van der Waals surface area (Å²) in [4.78, 5) is 25.7. The van der Waals surface area contributed by atoms with Crippen molar-refractivity contribution in [2.45, 2.75) is 32.1 Å². The number of hydrogen-bond donors (Lipinski definition) is 1. The van der Waals surface area contributed by atoms with Gasteiger partial charge in [0.2, 0.25) is 5.88 Å². The van der Waals surface area contributed by atoms with Gasteiger partial charge in [0, 0.05) is 30.2 Å². The van der Waals surface area contributed by atoms with Crippen LogP contribution in [0.15, 0.2) is 79.0 Å². The highest BCUT2D eigenvalue weighted by molar-refractivity contribution is 7.12. The summed E-state index contributed by atoms with van der Waals surface area (Å²) < 4.78 is 44.4. The first-order valence-electron chi connectivity index (χ1n) is 15.2. The van der Waals surface area contributed by atoms with Crippen molar-refractivity contribution in [3.05, 3.63) is 129 Å². The zero-order valence-corrected chi connectivity index (χ0v) is 26.5. The molecule has 7 rings (SSSR count). The number of carbonyl (C=O) groups is 1. The lowest BCUT2D eigenvalue weighted by molar-refractivity contribution is -0.0589. The van der Waals surface area contributed by atoms with Crippen molar-refractivity contribution in [2.75, 3.05) is 6.61 Å². The molecule has 1 aliphatic heterocycles. The Hall–Kier alpha value is -5.95. The summed E-state index contributed by atoms with van der Waals surface area (Å²) in [5.41, 5.74) is 2.87. The molecule has 0 radical (unpaired) electrons. The van der Waals surface area contributed by atoms with Gasteiger partial charge in [-0.3, -0.25) is 0 Å². The first kappa shape index (κ1) is 31.6. The number of nitrogens with zero attached hydrogens (tertiary/aromatic N) is 5. The number of hydrogen-bond acceptors (Lipinski definition) is 8. The van der Waals surface area contributed by atoms with E-state index in [1.165, 1.54) is 23.5 Å². The lowest BCUT2D eigenvalue weighted by Crippen LogP contribution is -2.31. The molecule has 1 atom stereocenters. The Balaban J connectivity index is 1.07. The number of aromatic carboxylic acids is 1.